The lowest BCUT2D eigenvalue weighted by atomic mass is 10.0. The highest BCUT2D eigenvalue weighted by Crippen LogP contribution is 2.22. The van der Waals surface area contributed by atoms with Crippen LogP contribution >= 0.6 is 0 Å². The Morgan fingerprint density at radius 3 is 2.85 bits per heavy atom. The number of benzene rings is 1. The van der Waals surface area contributed by atoms with Crippen molar-refractivity contribution in [3.8, 4) is 0 Å². The van der Waals surface area contributed by atoms with Crippen LogP contribution in [-0.4, -0.2) is 35.0 Å². The summed E-state index contributed by atoms with van der Waals surface area (Å²) in [5.74, 6) is 0.0378. The van der Waals surface area contributed by atoms with Crippen molar-refractivity contribution < 1.29 is 9.53 Å². The van der Waals surface area contributed by atoms with E-state index in [0.29, 0.717) is 18.7 Å². The molecule has 4 rings (SSSR count). The second-order valence-electron chi connectivity index (χ2n) is 6.75. The molecule has 27 heavy (non-hydrogen) atoms. The van der Waals surface area contributed by atoms with Crippen molar-refractivity contribution >= 4 is 5.91 Å². The number of carbonyl (C=O) groups is 1. The first-order valence-corrected chi connectivity index (χ1v) is 9.21. The molecule has 142 valence electrons. The van der Waals surface area contributed by atoms with Crippen molar-refractivity contribution in [1.82, 2.24) is 31.8 Å². The van der Waals surface area contributed by atoms with Gasteiger partial charge in [-0.25, -0.2) is 10.9 Å². The molecule has 8 nitrogen and oxygen atoms in total. The molecule has 2 aliphatic heterocycles. The fraction of sp³-hybridized carbons (Fsp3) is 0.368. The Morgan fingerprint density at radius 1 is 1.19 bits per heavy atom. The van der Waals surface area contributed by atoms with E-state index in [2.05, 4.69) is 26.9 Å². The van der Waals surface area contributed by atoms with Crippen molar-refractivity contribution in [1.29, 1.82) is 0 Å². The van der Waals surface area contributed by atoms with Crippen LogP contribution in [0.15, 0.2) is 48.8 Å². The van der Waals surface area contributed by atoms with Crippen molar-refractivity contribution in [3.63, 3.8) is 0 Å². The van der Waals surface area contributed by atoms with Crippen LogP contribution < -0.4 is 21.9 Å². The smallest absolute Gasteiger partial charge is 0.254 e. The van der Waals surface area contributed by atoms with Crippen LogP contribution in [0.3, 0.4) is 0 Å². The number of hydrazine groups is 3. The summed E-state index contributed by atoms with van der Waals surface area (Å²) in [7, 11) is 0. The van der Waals surface area contributed by atoms with E-state index in [0.717, 1.165) is 30.5 Å². The van der Waals surface area contributed by atoms with Gasteiger partial charge < -0.3 is 9.64 Å². The van der Waals surface area contributed by atoms with E-state index >= 15 is 0 Å². The summed E-state index contributed by atoms with van der Waals surface area (Å²) < 4.78 is 6.04. The van der Waals surface area contributed by atoms with Crippen LogP contribution in [0.25, 0.3) is 0 Å². The van der Waals surface area contributed by atoms with Crippen molar-refractivity contribution in [2.45, 2.75) is 31.7 Å². The summed E-state index contributed by atoms with van der Waals surface area (Å²) in [6.07, 6.45) is 5.33. The average molecular weight is 368 g/mol. The summed E-state index contributed by atoms with van der Waals surface area (Å²) in [4.78, 5) is 19.2. The van der Waals surface area contributed by atoms with E-state index in [1.165, 1.54) is 0 Å². The zero-order valence-electron chi connectivity index (χ0n) is 15.0. The third-order valence-corrected chi connectivity index (χ3v) is 4.87. The summed E-state index contributed by atoms with van der Waals surface area (Å²) in [6, 6.07) is 11.6. The Kier molecular flexibility index (Phi) is 5.71. The van der Waals surface area contributed by atoms with E-state index < -0.39 is 0 Å². The van der Waals surface area contributed by atoms with Gasteiger partial charge in [0, 0.05) is 31.0 Å². The van der Waals surface area contributed by atoms with Gasteiger partial charge >= 0.3 is 0 Å². The number of likely N-dealkylation sites (tertiary alicyclic amines) is 1. The number of nitrogens with zero attached hydrogens (tertiary/aromatic N) is 2. The van der Waals surface area contributed by atoms with Gasteiger partial charge in [0.25, 0.3) is 5.91 Å². The maximum atomic E-state index is 13.2. The van der Waals surface area contributed by atoms with Gasteiger partial charge in [-0.1, -0.05) is 24.3 Å². The van der Waals surface area contributed by atoms with E-state index in [4.69, 9.17) is 4.74 Å². The lowest BCUT2D eigenvalue weighted by Crippen LogP contribution is -2.43. The van der Waals surface area contributed by atoms with Gasteiger partial charge in [-0.15, -0.1) is 0 Å². The van der Waals surface area contributed by atoms with Gasteiger partial charge in [0.2, 0.25) is 0 Å². The second kappa shape index (κ2) is 8.55. The number of amides is 1. The van der Waals surface area contributed by atoms with Gasteiger partial charge in [-0.3, -0.25) is 9.78 Å². The molecule has 1 unspecified atom stereocenters. The van der Waals surface area contributed by atoms with Crippen LogP contribution in [0.1, 0.15) is 40.5 Å². The lowest BCUT2D eigenvalue weighted by molar-refractivity contribution is -0.00686. The molecule has 1 atom stereocenters. The number of pyridine rings is 1. The zero-order chi connectivity index (χ0) is 18.5. The Balaban J connectivity index is 1.41. The molecule has 1 aromatic heterocycles. The van der Waals surface area contributed by atoms with Crippen LogP contribution in [0, 0.1) is 0 Å². The number of aromatic nitrogens is 1. The van der Waals surface area contributed by atoms with Gasteiger partial charge in [0.05, 0.1) is 12.7 Å². The third kappa shape index (κ3) is 4.32. The predicted molar refractivity (Wildman–Crippen MR) is 99.7 cm³/mol. The topological polar surface area (TPSA) is 90.5 Å². The van der Waals surface area contributed by atoms with Gasteiger partial charge in [-0.05, 0) is 36.1 Å². The Hall–Kier alpha value is -2.36. The highest BCUT2D eigenvalue weighted by atomic mass is 16.5. The number of nitrogens with one attached hydrogen (secondary N) is 4. The monoisotopic (exact) mass is 368 g/mol. The molecule has 1 aromatic carbocycles. The van der Waals surface area contributed by atoms with Crippen molar-refractivity contribution in [2.24, 2.45) is 0 Å². The first-order valence-electron chi connectivity index (χ1n) is 9.21. The fourth-order valence-corrected chi connectivity index (χ4v) is 3.48. The fourth-order valence-electron chi connectivity index (χ4n) is 3.48. The number of ether oxygens (including phenoxy) is 1. The lowest BCUT2D eigenvalue weighted by Gasteiger charge is -2.33. The molecule has 8 heteroatoms. The third-order valence-electron chi connectivity index (χ3n) is 4.87. The van der Waals surface area contributed by atoms with Crippen molar-refractivity contribution in [3.05, 3.63) is 65.5 Å². The number of rotatable bonds is 5. The number of hydrogen-bond donors (Lipinski definition) is 4. The molecular formula is C19H24N6O2. The van der Waals surface area contributed by atoms with Crippen LogP contribution in [0.4, 0.5) is 0 Å². The minimum atomic E-state index is -0.174. The second-order valence-corrected chi connectivity index (χ2v) is 6.75. The molecule has 0 saturated carbocycles. The molecule has 0 spiro atoms. The standard InChI is InChI=1S/C19H24N6O2/c26-19(17-8-2-1-7-16(17)18-21-23-24-22-18)25-10-4-6-15(12-25)27-13-14-5-3-9-20-11-14/h1-3,5,7-9,11,15,18,21-24H,4,6,10,12-13H2. The zero-order valence-corrected chi connectivity index (χ0v) is 15.0. The SMILES string of the molecule is O=C(c1ccccc1C1NNNN1)N1CCCC(OCc2cccnc2)C1. The quantitative estimate of drug-likeness (QED) is 0.626. The molecule has 0 bridgehead atoms. The van der Waals surface area contributed by atoms with Crippen LogP contribution in [0.2, 0.25) is 0 Å². The summed E-state index contributed by atoms with van der Waals surface area (Å²) in [6.45, 7) is 1.88. The molecule has 4 N–H and O–H groups in total. The van der Waals surface area contributed by atoms with Crippen LogP contribution in [-0.2, 0) is 11.3 Å². The van der Waals surface area contributed by atoms with E-state index in [9.17, 15) is 4.79 Å². The van der Waals surface area contributed by atoms with Gasteiger partial charge in [0.15, 0.2) is 0 Å². The minimum Gasteiger partial charge on any atom is -0.372 e. The minimum absolute atomic E-state index is 0.0378. The normalized spacial score (nSPS) is 20.7. The Bertz CT molecular complexity index is 766. The van der Waals surface area contributed by atoms with Crippen LogP contribution in [0.5, 0.6) is 0 Å². The van der Waals surface area contributed by atoms with E-state index in [-0.39, 0.29) is 18.2 Å². The summed E-state index contributed by atoms with van der Waals surface area (Å²) in [5.41, 5.74) is 14.3. The Morgan fingerprint density at radius 2 is 2.04 bits per heavy atom. The molecule has 0 radical (unpaired) electrons. The Labute approximate surface area is 158 Å². The molecule has 2 aliphatic rings. The summed E-state index contributed by atoms with van der Waals surface area (Å²) in [5, 5.41) is 0. The molecule has 2 saturated heterocycles. The highest BCUT2D eigenvalue weighted by molar-refractivity contribution is 5.96. The number of carbonyl (C=O) groups excluding carboxylic acids is 1. The maximum absolute atomic E-state index is 13.2. The molecular weight excluding hydrogens is 344 g/mol. The highest BCUT2D eigenvalue weighted by Gasteiger charge is 2.28. The first-order chi connectivity index (χ1) is 13.3. The summed E-state index contributed by atoms with van der Waals surface area (Å²) >= 11 is 0. The molecule has 0 aliphatic carbocycles. The molecule has 3 heterocycles. The predicted octanol–water partition coefficient (Wildman–Crippen LogP) is 1.02. The first kappa shape index (κ1) is 18.0. The number of hydrogen-bond acceptors (Lipinski definition) is 7. The van der Waals surface area contributed by atoms with Gasteiger partial charge in [-0.2, -0.15) is 11.1 Å². The largest absolute Gasteiger partial charge is 0.372 e. The number of piperidine rings is 1. The van der Waals surface area contributed by atoms with E-state index in [1.807, 2.05) is 47.5 Å². The molecule has 2 fully saturated rings. The van der Waals surface area contributed by atoms with E-state index in [1.54, 1.807) is 6.20 Å². The van der Waals surface area contributed by atoms with Gasteiger partial charge in [0.1, 0.15) is 6.17 Å². The average Bonchev–Trinajstić information content (AvgIpc) is 3.27. The van der Waals surface area contributed by atoms with Crippen molar-refractivity contribution in [2.75, 3.05) is 13.1 Å². The molecule has 2 aromatic rings. The maximum Gasteiger partial charge on any atom is 0.254 e. The molecule has 1 amide bonds.